The fourth-order valence-corrected chi connectivity index (χ4v) is 2.22. The standard InChI is InChI=1S/C13H14N8O3/c1-24-12-18-9-6(4-8-10(22)20(14)13(23)17-8)5-15-21(9)11(19-12)16-7-2-3-7/h4-5,7,22H,2-3,14H2,1H3,(H,17,23). The molecule has 0 bridgehead atoms. The predicted molar refractivity (Wildman–Crippen MR) is 81.6 cm³/mol. The van der Waals surface area contributed by atoms with Gasteiger partial charge in [-0.15, -0.1) is 0 Å². The average Bonchev–Trinajstić information content (AvgIpc) is 3.25. The first-order chi connectivity index (χ1) is 11.6. The molecule has 1 aliphatic carbocycles. The number of hydrogen-bond acceptors (Lipinski definition) is 8. The van der Waals surface area contributed by atoms with Crippen LogP contribution in [0.2, 0.25) is 0 Å². The van der Waals surface area contributed by atoms with E-state index in [4.69, 9.17) is 10.6 Å². The number of nitrogens with one attached hydrogen (secondary N) is 1. The molecule has 11 heteroatoms. The van der Waals surface area contributed by atoms with E-state index in [0.717, 1.165) is 12.8 Å². The monoisotopic (exact) mass is 330 g/mol. The normalized spacial score (nSPS) is 16.2. The number of fused-ring (bicyclic) bond motifs is 1. The van der Waals surface area contributed by atoms with Crippen LogP contribution in [0.4, 0.5) is 0 Å². The van der Waals surface area contributed by atoms with Crippen LogP contribution in [0, 0.1) is 0 Å². The molecule has 3 heterocycles. The van der Waals surface area contributed by atoms with Gasteiger partial charge < -0.3 is 20.7 Å². The highest BCUT2D eigenvalue weighted by molar-refractivity contribution is 5.56. The number of nitrogens with zero attached hydrogens (tertiary/aromatic N) is 6. The Kier molecular flexibility index (Phi) is 3.01. The van der Waals surface area contributed by atoms with Gasteiger partial charge in [0.1, 0.15) is 5.69 Å². The van der Waals surface area contributed by atoms with Crippen LogP contribution in [-0.4, -0.2) is 47.5 Å². The molecule has 0 saturated heterocycles. The molecule has 1 saturated carbocycles. The van der Waals surface area contributed by atoms with Gasteiger partial charge in [0.2, 0.25) is 5.88 Å². The SMILES string of the molecule is COc1nc(=NC2CC2)n2ncc(=Cc3[nH]c(=O)n(N)c3O)c2n1. The number of aromatic hydroxyl groups is 1. The lowest BCUT2D eigenvalue weighted by Crippen LogP contribution is -2.23. The third-order valence-corrected chi connectivity index (χ3v) is 3.61. The first kappa shape index (κ1) is 14.2. The van der Waals surface area contributed by atoms with Crippen molar-refractivity contribution in [1.29, 1.82) is 0 Å². The van der Waals surface area contributed by atoms with Crippen molar-refractivity contribution in [3.63, 3.8) is 0 Å². The lowest BCUT2D eigenvalue weighted by molar-refractivity contribution is 0.375. The van der Waals surface area contributed by atoms with Crippen LogP contribution in [0.3, 0.4) is 0 Å². The van der Waals surface area contributed by atoms with Gasteiger partial charge in [0.25, 0.3) is 5.62 Å². The number of aromatic amines is 1. The Balaban J connectivity index is 1.98. The second kappa shape index (κ2) is 5.08. The van der Waals surface area contributed by atoms with Crippen molar-refractivity contribution in [1.82, 2.24) is 29.2 Å². The van der Waals surface area contributed by atoms with Crippen molar-refractivity contribution in [2.24, 2.45) is 4.99 Å². The second-order valence-electron chi connectivity index (χ2n) is 5.39. The summed E-state index contributed by atoms with van der Waals surface area (Å²) in [5.74, 6) is 5.01. The van der Waals surface area contributed by atoms with E-state index in [1.54, 1.807) is 0 Å². The largest absolute Gasteiger partial charge is 0.492 e. The number of rotatable bonds is 3. The summed E-state index contributed by atoms with van der Waals surface area (Å²) in [5, 5.41) is 14.6. The van der Waals surface area contributed by atoms with Crippen LogP contribution >= 0.6 is 0 Å². The highest BCUT2D eigenvalue weighted by atomic mass is 16.5. The Morgan fingerprint density at radius 3 is 2.92 bits per heavy atom. The Hall–Kier alpha value is -3.37. The molecule has 3 aromatic rings. The minimum Gasteiger partial charge on any atom is -0.492 e. The van der Waals surface area contributed by atoms with E-state index in [-0.39, 0.29) is 23.6 Å². The fourth-order valence-electron chi connectivity index (χ4n) is 2.22. The number of H-pyrrole nitrogens is 1. The summed E-state index contributed by atoms with van der Waals surface area (Å²) in [5.41, 5.74) is 0.349. The molecule has 0 atom stereocenters. The van der Waals surface area contributed by atoms with Gasteiger partial charge in [0, 0.05) is 5.22 Å². The molecule has 0 radical (unpaired) electrons. The number of hydrogen-bond donors (Lipinski definition) is 3. The van der Waals surface area contributed by atoms with E-state index in [2.05, 4.69) is 25.0 Å². The van der Waals surface area contributed by atoms with Gasteiger partial charge >= 0.3 is 11.7 Å². The van der Waals surface area contributed by atoms with Gasteiger partial charge in [0.15, 0.2) is 5.65 Å². The molecule has 11 nitrogen and oxygen atoms in total. The number of aromatic nitrogens is 6. The minimum absolute atomic E-state index is 0.149. The number of nitrogen functional groups attached to an aromatic ring is 1. The third-order valence-electron chi connectivity index (χ3n) is 3.61. The molecule has 0 aromatic carbocycles. The van der Waals surface area contributed by atoms with E-state index >= 15 is 0 Å². The van der Waals surface area contributed by atoms with Crippen LogP contribution in [0.25, 0.3) is 11.7 Å². The number of nitrogens with two attached hydrogens (primary N) is 1. The Bertz CT molecular complexity index is 1100. The van der Waals surface area contributed by atoms with Crippen LogP contribution < -0.4 is 27.1 Å². The van der Waals surface area contributed by atoms with Crippen molar-refractivity contribution in [3.8, 4) is 11.9 Å². The summed E-state index contributed by atoms with van der Waals surface area (Å²) in [7, 11) is 1.46. The average molecular weight is 330 g/mol. The van der Waals surface area contributed by atoms with Gasteiger partial charge in [0.05, 0.1) is 19.3 Å². The molecule has 0 amide bonds. The van der Waals surface area contributed by atoms with Crippen LogP contribution in [0.5, 0.6) is 11.9 Å². The highest BCUT2D eigenvalue weighted by Gasteiger charge is 2.21. The molecule has 1 aliphatic rings. The van der Waals surface area contributed by atoms with Crippen molar-refractivity contribution < 1.29 is 9.84 Å². The number of methoxy groups -OCH3 is 1. The molecular formula is C13H14N8O3. The maximum atomic E-state index is 11.5. The first-order valence-electron chi connectivity index (χ1n) is 7.21. The molecule has 24 heavy (non-hydrogen) atoms. The van der Waals surface area contributed by atoms with Gasteiger partial charge in [-0.25, -0.2) is 9.79 Å². The molecule has 4 N–H and O–H groups in total. The van der Waals surface area contributed by atoms with Gasteiger partial charge in [-0.3, -0.25) is 0 Å². The van der Waals surface area contributed by atoms with Gasteiger partial charge in [-0.05, 0) is 18.9 Å². The first-order valence-corrected chi connectivity index (χ1v) is 7.21. The maximum absolute atomic E-state index is 11.5. The van der Waals surface area contributed by atoms with E-state index < -0.39 is 5.69 Å². The lowest BCUT2D eigenvalue weighted by Gasteiger charge is -1.99. The van der Waals surface area contributed by atoms with Crippen LogP contribution in [0.15, 0.2) is 16.0 Å². The fraction of sp³-hybridized carbons (Fsp3) is 0.308. The van der Waals surface area contributed by atoms with Crippen molar-refractivity contribution in [3.05, 3.63) is 33.2 Å². The molecule has 0 aliphatic heterocycles. The zero-order chi connectivity index (χ0) is 16.8. The zero-order valence-electron chi connectivity index (χ0n) is 12.7. The molecule has 0 spiro atoms. The summed E-state index contributed by atoms with van der Waals surface area (Å²) in [4.78, 5) is 26.9. The summed E-state index contributed by atoms with van der Waals surface area (Å²) in [6.45, 7) is 0. The summed E-state index contributed by atoms with van der Waals surface area (Å²) >= 11 is 0. The molecule has 3 aromatic heterocycles. The minimum atomic E-state index is -0.633. The van der Waals surface area contributed by atoms with Gasteiger partial charge in [-0.1, -0.05) is 0 Å². The quantitative estimate of drug-likeness (QED) is 0.455. The van der Waals surface area contributed by atoms with E-state index in [1.807, 2.05) is 0 Å². The van der Waals surface area contributed by atoms with Crippen LogP contribution in [0.1, 0.15) is 18.5 Å². The Labute approximate surface area is 133 Å². The predicted octanol–water partition coefficient (Wildman–Crippen LogP) is -2.35. The molecule has 4 rings (SSSR count). The van der Waals surface area contributed by atoms with Crippen molar-refractivity contribution in [2.75, 3.05) is 13.0 Å². The smallest absolute Gasteiger partial charge is 0.347 e. The van der Waals surface area contributed by atoms with Crippen LogP contribution in [-0.2, 0) is 0 Å². The topological polar surface area (TPSA) is 149 Å². The molecule has 124 valence electrons. The van der Waals surface area contributed by atoms with E-state index in [0.29, 0.717) is 21.2 Å². The number of imidazole rings is 1. The third kappa shape index (κ3) is 2.26. The zero-order valence-corrected chi connectivity index (χ0v) is 12.7. The Morgan fingerprint density at radius 1 is 1.50 bits per heavy atom. The Morgan fingerprint density at radius 2 is 2.29 bits per heavy atom. The number of ether oxygens (including phenoxy) is 1. The van der Waals surface area contributed by atoms with E-state index in [9.17, 15) is 9.90 Å². The van der Waals surface area contributed by atoms with Crippen molar-refractivity contribution >= 4 is 11.7 Å². The maximum Gasteiger partial charge on any atom is 0.347 e. The summed E-state index contributed by atoms with van der Waals surface area (Å²) < 4.78 is 7.22. The van der Waals surface area contributed by atoms with Crippen molar-refractivity contribution in [2.45, 2.75) is 18.9 Å². The van der Waals surface area contributed by atoms with E-state index in [1.165, 1.54) is 23.9 Å². The highest BCUT2D eigenvalue weighted by Crippen LogP contribution is 2.22. The molecule has 0 unspecified atom stereocenters. The second-order valence-corrected chi connectivity index (χ2v) is 5.39. The molecular weight excluding hydrogens is 316 g/mol. The molecule has 1 fully saturated rings. The van der Waals surface area contributed by atoms with Gasteiger partial charge in [-0.2, -0.15) is 24.3 Å². The summed E-state index contributed by atoms with van der Waals surface area (Å²) in [6.07, 6.45) is 5.08. The lowest BCUT2D eigenvalue weighted by atomic mass is 10.3. The summed E-state index contributed by atoms with van der Waals surface area (Å²) in [6, 6.07) is 0.405.